The number of amides is 1. The molecular formula is C22H22ClNO6. The van der Waals surface area contributed by atoms with Gasteiger partial charge in [-0.15, -0.1) is 0 Å². The molecule has 1 aliphatic heterocycles. The smallest absolute Gasteiger partial charge is 0.295 e. The van der Waals surface area contributed by atoms with E-state index < -0.39 is 17.7 Å². The van der Waals surface area contributed by atoms with Gasteiger partial charge in [-0.05, 0) is 36.8 Å². The van der Waals surface area contributed by atoms with Gasteiger partial charge in [-0.2, -0.15) is 0 Å². The van der Waals surface area contributed by atoms with Crippen LogP contribution in [-0.4, -0.2) is 54.2 Å². The molecule has 2 N–H and O–H groups in total. The molecule has 1 saturated heterocycles. The largest absolute Gasteiger partial charge is 0.507 e. The second-order valence-corrected chi connectivity index (χ2v) is 7.31. The van der Waals surface area contributed by atoms with Gasteiger partial charge >= 0.3 is 0 Å². The maximum atomic E-state index is 12.9. The van der Waals surface area contributed by atoms with Crippen LogP contribution in [0.5, 0.6) is 11.5 Å². The molecule has 158 valence electrons. The van der Waals surface area contributed by atoms with E-state index in [9.17, 15) is 19.8 Å². The standard InChI is InChI=1S/C22H22ClNO6/c1-12-4-7-17(30-3)14(10-12)20(26)18-19(13-5-6-16(25)15(23)11-13)24(8-9-29-2)22(28)21(18)27/h4-7,10-11,19,25-26H,8-9H2,1-3H3/b20-18+. The van der Waals surface area contributed by atoms with Gasteiger partial charge in [-0.3, -0.25) is 9.59 Å². The summed E-state index contributed by atoms with van der Waals surface area (Å²) in [6.45, 7) is 2.17. The van der Waals surface area contributed by atoms with E-state index in [2.05, 4.69) is 0 Å². The summed E-state index contributed by atoms with van der Waals surface area (Å²) in [7, 11) is 2.94. The normalized spacial score (nSPS) is 18.1. The lowest BCUT2D eigenvalue weighted by atomic mass is 9.94. The van der Waals surface area contributed by atoms with E-state index in [1.807, 2.05) is 13.0 Å². The average Bonchev–Trinajstić information content (AvgIpc) is 2.98. The van der Waals surface area contributed by atoms with Crippen molar-refractivity contribution in [1.82, 2.24) is 4.90 Å². The van der Waals surface area contributed by atoms with Crippen LogP contribution in [0.3, 0.4) is 0 Å². The van der Waals surface area contributed by atoms with E-state index in [-0.39, 0.29) is 35.3 Å². The molecule has 1 heterocycles. The zero-order valence-electron chi connectivity index (χ0n) is 16.8. The molecule has 0 aromatic heterocycles. The van der Waals surface area contributed by atoms with Crippen molar-refractivity contribution in [2.45, 2.75) is 13.0 Å². The first kappa shape index (κ1) is 21.7. The lowest BCUT2D eigenvalue weighted by Gasteiger charge is -2.25. The number of hydrogen-bond donors (Lipinski definition) is 2. The number of Topliss-reactive ketones (excluding diaryl/α,β-unsaturated/α-hetero) is 1. The minimum atomic E-state index is -0.900. The van der Waals surface area contributed by atoms with Gasteiger partial charge < -0.3 is 24.6 Å². The topological polar surface area (TPSA) is 96.3 Å². The first-order chi connectivity index (χ1) is 14.3. The fraction of sp³-hybridized carbons (Fsp3) is 0.273. The number of aliphatic hydroxyl groups is 1. The third-order valence-corrected chi connectivity index (χ3v) is 5.28. The summed E-state index contributed by atoms with van der Waals surface area (Å²) >= 11 is 6.07. The Kier molecular flexibility index (Phi) is 6.34. The van der Waals surface area contributed by atoms with Gasteiger partial charge in [0, 0.05) is 13.7 Å². The number of aromatic hydroxyl groups is 1. The van der Waals surface area contributed by atoms with Crippen molar-refractivity contribution in [2.75, 3.05) is 27.4 Å². The Morgan fingerprint density at radius 2 is 1.90 bits per heavy atom. The lowest BCUT2D eigenvalue weighted by molar-refractivity contribution is -0.140. The molecule has 0 radical (unpaired) electrons. The summed E-state index contributed by atoms with van der Waals surface area (Å²) < 4.78 is 10.4. The summed E-state index contributed by atoms with van der Waals surface area (Å²) in [6.07, 6.45) is 0. The third-order valence-electron chi connectivity index (χ3n) is 4.97. The maximum absolute atomic E-state index is 12.9. The molecule has 0 spiro atoms. The first-order valence-corrected chi connectivity index (χ1v) is 9.58. The van der Waals surface area contributed by atoms with E-state index >= 15 is 0 Å². The summed E-state index contributed by atoms with van der Waals surface area (Å²) in [6, 6.07) is 8.66. The number of nitrogens with zero attached hydrogens (tertiary/aromatic N) is 1. The van der Waals surface area contributed by atoms with Crippen LogP contribution in [-0.2, 0) is 14.3 Å². The fourth-order valence-corrected chi connectivity index (χ4v) is 3.68. The number of hydrogen-bond acceptors (Lipinski definition) is 6. The molecule has 1 aliphatic rings. The minimum absolute atomic E-state index is 0.0676. The summed E-state index contributed by atoms with van der Waals surface area (Å²) in [5, 5.41) is 21.0. The Hall–Kier alpha value is -3.03. The maximum Gasteiger partial charge on any atom is 0.295 e. The van der Waals surface area contributed by atoms with Crippen molar-refractivity contribution in [1.29, 1.82) is 0 Å². The summed E-state index contributed by atoms with van der Waals surface area (Å²) in [5.41, 5.74) is 1.54. The molecule has 1 fully saturated rings. The lowest BCUT2D eigenvalue weighted by Crippen LogP contribution is -2.32. The van der Waals surface area contributed by atoms with Gasteiger partial charge in [0.2, 0.25) is 0 Å². The highest BCUT2D eigenvalue weighted by Crippen LogP contribution is 2.42. The Labute approximate surface area is 179 Å². The van der Waals surface area contributed by atoms with Crippen LogP contribution in [0, 0.1) is 6.92 Å². The molecule has 30 heavy (non-hydrogen) atoms. The number of halogens is 1. The number of carbonyl (C=O) groups is 2. The van der Waals surface area contributed by atoms with Crippen LogP contribution >= 0.6 is 11.6 Å². The van der Waals surface area contributed by atoms with Gasteiger partial charge in [0.05, 0.1) is 35.9 Å². The van der Waals surface area contributed by atoms with E-state index in [4.69, 9.17) is 21.1 Å². The van der Waals surface area contributed by atoms with E-state index in [0.717, 1.165) is 5.56 Å². The third kappa shape index (κ3) is 3.86. The van der Waals surface area contributed by atoms with Gasteiger partial charge in [-0.25, -0.2) is 0 Å². The predicted molar refractivity (Wildman–Crippen MR) is 112 cm³/mol. The summed E-state index contributed by atoms with van der Waals surface area (Å²) in [4.78, 5) is 27.0. The van der Waals surface area contributed by atoms with Crippen molar-refractivity contribution in [2.24, 2.45) is 0 Å². The molecule has 2 aromatic carbocycles. The average molecular weight is 432 g/mol. The molecule has 1 atom stereocenters. The Bertz CT molecular complexity index is 1030. The zero-order chi connectivity index (χ0) is 22.0. The van der Waals surface area contributed by atoms with Crippen LogP contribution in [0.15, 0.2) is 42.0 Å². The number of ether oxygens (including phenoxy) is 2. The van der Waals surface area contributed by atoms with Gasteiger partial charge in [-0.1, -0.05) is 29.3 Å². The highest BCUT2D eigenvalue weighted by atomic mass is 35.5. The number of aryl methyl sites for hydroxylation is 1. The molecule has 0 saturated carbocycles. The highest BCUT2D eigenvalue weighted by molar-refractivity contribution is 6.46. The van der Waals surface area contributed by atoms with Crippen molar-refractivity contribution in [3.63, 3.8) is 0 Å². The molecule has 8 heteroatoms. The van der Waals surface area contributed by atoms with Crippen molar-refractivity contribution in [3.8, 4) is 11.5 Å². The predicted octanol–water partition coefficient (Wildman–Crippen LogP) is 3.43. The Morgan fingerprint density at radius 1 is 1.17 bits per heavy atom. The van der Waals surface area contributed by atoms with Gasteiger partial charge in [0.1, 0.15) is 17.3 Å². The van der Waals surface area contributed by atoms with Gasteiger partial charge in [0.15, 0.2) is 0 Å². The number of benzene rings is 2. The number of ketones is 1. The highest BCUT2D eigenvalue weighted by Gasteiger charge is 2.46. The number of carbonyl (C=O) groups excluding carboxylic acids is 2. The molecule has 7 nitrogen and oxygen atoms in total. The Morgan fingerprint density at radius 3 is 2.53 bits per heavy atom. The second-order valence-electron chi connectivity index (χ2n) is 6.90. The molecule has 0 bridgehead atoms. The van der Waals surface area contributed by atoms with E-state index in [1.165, 1.54) is 31.3 Å². The molecule has 2 aromatic rings. The van der Waals surface area contributed by atoms with E-state index in [0.29, 0.717) is 16.9 Å². The number of likely N-dealkylation sites (tertiary alicyclic amines) is 1. The summed E-state index contributed by atoms with van der Waals surface area (Å²) in [5.74, 6) is -1.68. The fourth-order valence-electron chi connectivity index (χ4n) is 3.49. The molecule has 1 amide bonds. The van der Waals surface area contributed by atoms with Crippen LogP contribution in [0.25, 0.3) is 5.76 Å². The molecule has 1 unspecified atom stereocenters. The van der Waals surface area contributed by atoms with Crippen LogP contribution in [0.4, 0.5) is 0 Å². The molecule has 0 aliphatic carbocycles. The SMILES string of the molecule is COCCN1C(=O)C(=O)/C(=C(/O)c2cc(C)ccc2OC)C1c1ccc(O)c(Cl)c1. The van der Waals surface area contributed by atoms with Gasteiger partial charge in [0.25, 0.3) is 11.7 Å². The first-order valence-electron chi connectivity index (χ1n) is 9.21. The second kappa shape index (κ2) is 8.77. The monoisotopic (exact) mass is 431 g/mol. The number of aliphatic hydroxyl groups excluding tert-OH is 1. The van der Waals surface area contributed by atoms with Crippen LogP contribution < -0.4 is 4.74 Å². The quantitative estimate of drug-likeness (QED) is 0.413. The number of phenols is 1. The molecular weight excluding hydrogens is 410 g/mol. The van der Waals surface area contributed by atoms with Crippen molar-refractivity contribution < 1.29 is 29.3 Å². The van der Waals surface area contributed by atoms with Crippen molar-refractivity contribution in [3.05, 3.63) is 63.7 Å². The van der Waals surface area contributed by atoms with E-state index in [1.54, 1.807) is 18.2 Å². The Balaban J connectivity index is 2.25. The molecule has 3 rings (SSSR count). The van der Waals surface area contributed by atoms with Crippen LogP contribution in [0.2, 0.25) is 5.02 Å². The number of rotatable bonds is 6. The van der Waals surface area contributed by atoms with Crippen LogP contribution in [0.1, 0.15) is 22.7 Å². The zero-order valence-corrected chi connectivity index (χ0v) is 17.6. The van der Waals surface area contributed by atoms with Crippen molar-refractivity contribution >= 4 is 29.1 Å². The minimum Gasteiger partial charge on any atom is -0.507 e. The number of phenolic OH excluding ortho intramolecular Hbond substituents is 1. The number of methoxy groups -OCH3 is 2.